The number of hydrogen-bond acceptors (Lipinski definition) is 6. The minimum absolute atomic E-state index is 0.0977. The van der Waals surface area contributed by atoms with E-state index in [2.05, 4.69) is 20.6 Å². The van der Waals surface area contributed by atoms with Crippen molar-refractivity contribution in [2.75, 3.05) is 32.0 Å². The van der Waals surface area contributed by atoms with E-state index >= 15 is 0 Å². The second-order valence-electron chi connectivity index (χ2n) is 7.37. The molecule has 30 heavy (non-hydrogen) atoms. The first-order valence-electron chi connectivity index (χ1n) is 9.72. The average Bonchev–Trinajstić information content (AvgIpc) is 3.14. The number of fused-ring (bicyclic) bond motifs is 1. The summed E-state index contributed by atoms with van der Waals surface area (Å²) in [6, 6.07) is 9.88. The van der Waals surface area contributed by atoms with E-state index in [4.69, 9.17) is 0 Å². The van der Waals surface area contributed by atoms with Crippen molar-refractivity contribution in [3.63, 3.8) is 0 Å². The van der Waals surface area contributed by atoms with Crippen LogP contribution in [0.3, 0.4) is 0 Å². The third-order valence-corrected chi connectivity index (χ3v) is 6.29. The van der Waals surface area contributed by atoms with E-state index in [9.17, 15) is 14.0 Å². The third-order valence-electron chi connectivity index (χ3n) is 5.35. The summed E-state index contributed by atoms with van der Waals surface area (Å²) >= 11 is 1.23. The highest BCUT2D eigenvalue weighted by Gasteiger charge is 2.44. The molecule has 1 fully saturated rings. The van der Waals surface area contributed by atoms with Gasteiger partial charge in [0.15, 0.2) is 5.13 Å². The molecule has 4 rings (SSSR count). The zero-order valence-corrected chi connectivity index (χ0v) is 17.3. The number of pyridine rings is 1. The standard InChI is InChI=1S/C21H22FN5O2S/c1-23-19(29)21(17-5-2-3-9-24-17)8-4-10-27(13-21)12-18(28)26-20-25-15-7-6-14(22)11-16(15)30-20/h2-3,5-7,9,11H,4,8,10,12-13H2,1H3,(H,23,29)(H,25,26,28). The van der Waals surface area contributed by atoms with Crippen LogP contribution in [0.25, 0.3) is 10.2 Å². The fourth-order valence-corrected chi connectivity index (χ4v) is 4.90. The lowest BCUT2D eigenvalue weighted by molar-refractivity contribution is -0.130. The number of amides is 2. The number of likely N-dealkylation sites (tertiary alicyclic amines) is 1. The molecule has 1 aliphatic rings. The fraction of sp³-hybridized carbons (Fsp3) is 0.333. The zero-order valence-electron chi connectivity index (χ0n) is 16.5. The van der Waals surface area contributed by atoms with Gasteiger partial charge in [0, 0.05) is 19.8 Å². The lowest BCUT2D eigenvalue weighted by Crippen LogP contribution is -2.55. The number of carbonyl (C=O) groups excluding carboxylic acids is 2. The summed E-state index contributed by atoms with van der Waals surface area (Å²) in [5.74, 6) is -0.653. The normalized spacial score (nSPS) is 19.5. The second kappa shape index (κ2) is 8.45. The fourth-order valence-electron chi connectivity index (χ4n) is 3.99. The van der Waals surface area contributed by atoms with Gasteiger partial charge in [-0.25, -0.2) is 9.37 Å². The smallest absolute Gasteiger partial charge is 0.240 e. The Labute approximate surface area is 177 Å². The summed E-state index contributed by atoms with van der Waals surface area (Å²) in [7, 11) is 1.62. The molecule has 0 spiro atoms. The van der Waals surface area contributed by atoms with Crippen LogP contribution in [0.1, 0.15) is 18.5 Å². The summed E-state index contributed by atoms with van der Waals surface area (Å²) < 4.78 is 14.0. The van der Waals surface area contributed by atoms with Crippen molar-refractivity contribution in [2.45, 2.75) is 18.3 Å². The first-order valence-corrected chi connectivity index (χ1v) is 10.5. The van der Waals surface area contributed by atoms with Crippen molar-refractivity contribution >= 4 is 38.5 Å². The predicted octanol–water partition coefficient (Wildman–Crippen LogP) is 2.55. The number of aromatic nitrogens is 2. The van der Waals surface area contributed by atoms with Crippen LogP contribution < -0.4 is 10.6 Å². The van der Waals surface area contributed by atoms with Crippen LogP contribution in [-0.4, -0.2) is 53.4 Å². The Hall–Kier alpha value is -2.91. The van der Waals surface area contributed by atoms with Gasteiger partial charge in [-0.3, -0.25) is 19.5 Å². The SMILES string of the molecule is CNC(=O)C1(c2ccccn2)CCCN(CC(=O)Nc2nc3ccc(F)cc3s2)C1. The van der Waals surface area contributed by atoms with Crippen molar-refractivity contribution in [1.29, 1.82) is 0 Å². The maximum atomic E-state index is 13.4. The molecule has 1 saturated heterocycles. The van der Waals surface area contributed by atoms with E-state index in [1.165, 1.54) is 23.5 Å². The Bertz CT molecular complexity index is 1070. The molecule has 2 N–H and O–H groups in total. The molecule has 0 aliphatic carbocycles. The molecule has 2 aromatic heterocycles. The first-order chi connectivity index (χ1) is 14.5. The van der Waals surface area contributed by atoms with E-state index in [0.29, 0.717) is 40.6 Å². The molecule has 1 unspecified atom stereocenters. The van der Waals surface area contributed by atoms with Crippen molar-refractivity contribution in [1.82, 2.24) is 20.2 Å². The average molecular weight is 428 g/mol. The van der Waals surface area contributed by atoms with Gasteiger partial charge in [-0.1, -0.05) is 17.4 Å². The maximum absolute atomic E-state index is 13.4. The Morgan fingerprint density at radius 2 is 2.17 bits per heavy atom. The minimum Gasteiger partial charge on any atom is -0.358 e. The van der Waals surface area contributed by atoms with Gasteiger partial charge in [-0.15, -0.1) is 0 Å². The van der Waals surface area contributed by atoms with Crippen molar-refractivity contribution in [3.8, 4) is 0 Å². The lowest BCUT2D eigenvalue weighted by Gasteiger charge is -2.40. The minimum atomic E-state index is -0.790. The van der Waals surface area contributed by atoms with E-state index < -0.39 is 5.41 Å². The van der Waals surface area contributed by atoms with E-state index in [0.717, 1.165) is 6.42 Å². The van der Waals surface area contributed by atoms with Crippen molar-refractivity contribution < 1.29 is 14.0 Å². The van der Waals surface area contributed by atoms with Crippen LogP contribution in [0.15, 0.2) is 42.6 Å². The van der Waals surface area contributed by atoms with Gasteiger partial charge in [0.25, 0.3) is 0 Å². The quantitative estimate of drug-likeness (QED) is 0.654. The summed E-state index contributed by atoms with van der Waals surface area (Å²) in [5.41, 5.74) is 0.563. The number of thiazole rings is 1. The van der Waals surface area contributed by atoms with Crippen LogP contribution in [0.4, 0.5) is 9.52 Å². The number of benzene rings is 1. The molecule has 7 nitrogen and oxygen atoms in total. The second-order valence-corrected chi connectivity index (χ2v) is 8.40. The molecule has 1 atom stereocenters. The summed E-state index contributed by atoms with van der Waals surface area (Å²) in [6.07, 6.45) is 3.13. The zero-order chi connectivity index (χ0) is 21.1. The number of nitrogens with zero attached hydrogens (tertiary/aromatic N) is 3. The number of carbonyl (C=O) groups is 2. The topological polar surface area (TPSA) is 87.2 Å². The third kappa shape index (κ3) is 4.03. The number of likely N-dealkylation sites (N-methyl/N-ethyl adjacent to an activating group) is 1. The molecule has 2 amide bonds. The van der Waals surface area contributed by atoms with Crippen LogP contribution in [0.5, 0.6) is 0 Å². The molecule has 0 saturated carbocycles. The van der Waals surface area contributed by atoms with Gasteiger partial charge < -0.3 is 10.6 Å². The number of hydrogen-bond donors (Lipinski definition) is 2. The van der Waals surface area contributed by atoms with Crippen molar-refractivity contribution in [2.24, 2.45) is 0 Å². The number of rotatable bonds is 5. The molecular formula is C21H22FN5O2S. The summed E-state index contributed by atoms with van der Waals surface area (Å²) in [4.78, 5) is 36.2. The number of nitrogens with one attached hydrogen (secondary N) is 2. The number of piperidine rings is 1. The number of halogens is 1. The Balaban J connectivity index is 1.48. The lowest BCUT2D eigenvalue weighted by atomic mass is 9.75. The highest BCUT2D eigenvalue weighted by Crippen LogP contribution is 2.33. The van der Waals surface area contributed by atoms with Gasteiger partial charge in [-0.2, -0.15) is 0 Å². The van der Waals surface area contributed by atoms with E-state index in [1.54, 1.807) is 19.3 Å². The predicted molar refractivity (Wildman–Crippen MR) is 114 cm³/mol. The van der Waals surface area contributed by atoms with Crippen molar-refractivity contribution in [3.05, 3.63) is 54.1 Å². The van der Waals surface area contributed by atoms with E-state index in [1.807, 2.05) is 23.1 Å². The molecule has 1 aliphatic heterocycles. The van der Waals surface area contributed by atoms with Gasteiger partial charge in [0.05, 0.1) is 22.5 Å². The van der Waals surface area contributed by atoms with Crippen LogP contribution in [0, 0.1) is 5.82 Å². The van der Waals surface area contributed by atoms with Crippen LogP contribution >= 0.6 is 11.3 Å². The highest BCUT2D eigenvalue weighted by atomic mass is 32.1. The van der Waals surface area contributed by atoms with Gasteiger partial charge in [0.2, 0.25) is 11.8 Å². The summed E-state index contributed by atoms with van der Waals surface area (Å²) in [6.45, 7) is 1.25. The molecular weight excluding hydrogens is 405 g/mol. The maximum Gasteiger partial charge on any atom is 0.240 e. The number of anilines is 1. The Morgan fingerprint density at radius 3 is 2.93 bits per heavy atom. The molecule has 3 aromatic rings. The first kappa shape index (κ1) is 20.4. The van der Waals surface area contributed by atoms with Crippen LogP contribution in [-0.2, 0) is 15.0 Å². The molecule has 0 radical (unpaired) electrons. The molecule has 0 bridgehead atoms. The highest BCUT2D eigenvalue weighted by molar-refractivity contribution is 7.22. The van der Waals surface area contributed by atoms with Gasteiger partial charge in [0.1, 0.15) is 11.2 Å². The Morgan fingerprint density at radius 1 is 1.30 bits per heavy atom. The molecule has 3 heterocycles. The van der Waals surface area contributed by atoms with Crippen LogP contribution in [0.2, 0.25) is 0 Å². The largest absolute Gasteiger partial charge is 0.358 e. The molecule has 9 heteroatoms. The summed E-state index contributed by atoms with van der Waals surface area (Å²) in [5, 5.41) is 5.99. The van der Waals surface area contributed by atoms with Gasteiger partial charge >= 0.3 is 0 Å². The van der Waals surface area contributed by atoms with E-state index in [-0.39, 0.29) is 24.2 Å². The molecule has 1 aromatic carbocycles. The van der Waals surface area contributed by atoms with Gasteiger partial charge in [-0.05, 0) is 49.7 Å². The monoisotopic (exact) mass is 427 g/mol. The molecule has 156 valence electrons. The Kier molecular flexibility index (Phi) is 5.74.